The first-order valence-electron chi connectivity index (χ1n) is 9.99. The predicted molar refractivity (Wildman–Crippen MR) is 113 cm³/mol. The lowest BCUT2D eigenvalue weighted by molar-refractivity contribution is -0.123. The van der Waals surface area contributed by atoms with Gasteiger partial charge in [0, 0.05) is 43.9 Å². The third-order valence-electron chi connectivity index (χ3n) is 5.22. The zero-order valence-corrected chi connectivity index (χ0v) is 17.2. The van der Waals surface area contributed by atoms with Crippen LogP contribution >= 0.6 is 11.8 Å². The maximum Gasteiger partial charge on any atom is 0.262 e. The topological polar surface area (TPSA) is 111 Å². The Kier molecular flexibility index (Phi) is 6.03. The van der Waals surface area contributed by atoms with Gasteiger partial charge in [0.2, 0.25) is 11.8 Å². The van der Waals surface area contributed by atoms with E-state index in [0.717, 1.165) is 31.1 Å². The largest absolute Gasteiger partial charge is 0.353 e. The Morgan fingerprint density at radius 3 is 2.57 bits per heavy atom. The second-order valence-corrected chi connectivity index (χ2v) is 8.61. The van der Waals surface area contributed by atoms with Crippen LogP contribution in [0.3, 0.4) is 0 Å². The van der Waals surface area contributed by atoms with Gasteiger partial charge >= 0.3 is 0 Å². The zero-order chi connectivity index (χ0) is 21.1. The van der Waals surface area contributed by atoms with Crippen LogP contribution in [0.2, 0.25) is 0 Å². The number of nitrogens with zero attached hydrogens (tertiary/aromatic N) is 3. The van der Waals surface area contributed by atoms with E-state index in [9.17, 15) is 19.2 Å². The van der Waals surface area contributed by atoms with Gasteiger partial charge in [-0.25, -0.2) is 0 Å². The van der Waals surface area contributed by atoms with Crippen LogP contribution in [0.15, 0.2) is 29.3 Å². The van der Waals surface area contributed by atoms with Gasteiger partial charge in [-0.05, 0) is 37.1 Å². The van der Waals surface area contributed by atoms with Gasteiger partial charge in [0.25, 0.3) is 11.8 Å². The van der Waals surface area contributed by atoms with Crippen LogP contribution in [0.4, 0.5) is 5.69 Å². The molecule has 0 aliphatic carbocycles. The minimum absolute atomic E-state index is 0.0475. The fourth-order valence-corrected chi connectivity index (χ4v) is 4.74. The van der Waals surface area contributed by atoms with E-state index in [0.29, 0.717) is 24.3 Å². The SMILES string of the molecule is O=C1CN(C(=O)c2ccc(NC(=O)C[C@@H]3SC(N4CCCC4)=NC3=O)cc2)CCN1. The van der Waals surface area contributed by atoms with Crippen molar-refractivity contribution in [2.75, 3.05) is 38.0 Å². The minimum atomic E-state index is -0.494. The van der Waals surface area contributed by atoms with E-state index in [1.807, 2.05) is 0 Å². The van der Waals surface area contributed by atoms with Crippen molar-refractivity contribution in [3.63, 3.8) is 0 Å². The molecular weight excluding hydrogens is 406 g/mol. The molecule has 2 fully saturated rings. The van der Waals surface area contributed by atoms with Crippen molar-refractivity contribution in [2.45, 2.75) is 24.5 Å². The maximum absolute atomic E-state index is 12.5. The lowest BCUT2D eigenvalue weighted by atomic mass is 10.1. The molecule has 9 nitrogen and oxygen atoms in total. The Balaban J connectivity index is 1.29. The maximum atomic E-state index is 12.5. The molecule has 0 saturated carbocycles. The first-order valence-corrected chi connectivity index (χ1v) is 10.9. The highest BCUT2D eigenvalue weighted by Crippen LogP contribution is 2.29. The second-order valence-electron chi connectivity index (χ2n) is 7.44. The number of amidine groups is 1. The molecule has 1 aromatic rings. The molecule has 0 aromatic heterocycles. The summed E-state index contributed by atoms with van der Waals surface area (Å²) in [6, 6.07) is 6.53. The molecule has 158 valence electrons. The third-order valence-corrected chi connectivity index (χ3v) is 6.43. The van der Waals surface area contributed by atoms with E-state index in [-0.39, 0.29) is 36.6 Å². The van der Waals surface area contributed by atoms with Gasteiger partial charge in [-0.1, -0.05) is 11.8 Å². The number of thioether (sulfide) groups is 1. The smallest absolute Gasteiger partial charge is 0.262 e. The number of carbonyl (C=O) groups excluding carboxylic acids is 4. The lowest BCUT2D eigenvalue weighted by Crippen LogP contribution is -2.49. The molecule has 4 rings (SSSR count). The van der Waals surface area contributed by atoms with E-state index in [4.69, 9.17) is 0 Å². The van der Waals surface area contributed by atoms with Crippen molar-refractivity contribution in [2.24, 2.45) is 4.99 Å². The number of hydrogen-bond donors (Lipinski definition) is 2. The number of amides is 4. The van der Waals surface area contributed by atoms with E-state index in [2.05, 4.69) is 20.5 Å². The Bertz CT molecular complexity index is 895. The van der Waals surface area contributed by atoms with Crippen LogP contribution in [0.25, 0.3) is 0 Å². The highest BCUT2D eigenvalue weighted by Gasteiger charge is 2.33. The van der Waals surface area contributed by atoms with Crippen LogP contribution in [-0.4, -0.2) is 76.6 Å². The second kappa shape index (κ2) is 8.86. The molecule has 0 spiro atoms. The first-order chi connectivity index (χ1) is 14.5. The normalized spacial score (nSPS) is 21.5. The molecule has 3 heterocycles. The molecule has 3 aliphatic rings. The minimum Gasteiger partial charge on any atom is -0.353 e. The van der Waals surface area contributed by atoms with Crippen LogP contribution < -0.4 is 10.6 Å². The molecular formula is C20H23N5O4S. The van der Waals surface area contributed by atoms with Gasteiger partial charge < -0.3 is 20.4 Å². The molecule has 2 saturated heterocycles. The standard InChI is InChI=1S/C20H23N5O4S/c26-16(11-15-18(28)23-20(30-15)24-8-1-2-9-24)22-14-5-3-13(4-6-14)19(29)25-10-7-21-17(27)12-25/h3-6,15H,1-2,7-12H2,(H,21,27)(H,22,26)/t15-/m0/s1. The number of anilines is 1. The van der Waals surface area contributed by atoms with Crippen LogP contribution in [0, 0.1) is 0 Å². The van der Waals surface area contributed by atoms with Crippen molar-refractivity contribution in [1.29, 1.82) is 0 Å². The van der Waals surface area contributed by atoms with E-state index in [1.165, 1.54) is 16.7 Å². The summed E-state index contributed by atoms with van der Waals surface area (Å²) >= 11 is 1.36. The molecule has 4 amide bonds. The summed E-state index contributed by atoms with van der Waals surface area (Å²) in [5, 5.41) is 5.68. The van der Waals surface area contributed by atoms with E-state index >= 15 is 0 Å². The average Bonchev–Trinajstić information content (AvgIpc) is 3.38. The zero-order valence-electron chi connectivity index (χ0n) is 16.4. The molecule has 30 heavy (non-hydrogen) atoms. The predicted octanol–water partition coefficient (Wildman–Crippen LogP) is 0.681. The molecule has 1 atom stereocenters. The Hall–Kier alpha value is -2.88. The number of likely N-dealkylation sites (tertiary alicyclic amines) is 1. The van der Waals surface area contributed by atoms with E-state index < -0.39 is 5.25 Å². The van der Waals surface area contributed by atoms with Gasteiger partial charge in [-0.15, -0.1) is 0 Å². The molecule has 0 unspecified atom stereocenters. The lowest BCUT2D eigenvalue weighted by Gasteiger charge is -2.26. The summed E-state index contributed by atoms with van der Waals surface area (Å²) in [6.45, 7) is 2.78. The van der Waals surface area contributed by atoms with Crippen molar-refractivity contribution in [1.82, 2.24) is 15.1 Å². The highest BCUT2D eigenvalue weighted by atomic mass is 32.2. The van der Waals surface area contributed by atoms with Gasteiger partial charge in [-0.3, -0.25) is 19.2 Å². The summed E-state index contributed by atoms with van der Waals surface area (Å²) in [4.78, 5) is 56.2. The molecule has 0 radical (unpaired) electrons. The summed E-state index contributed by atoms with van der Waals surface area (Å²) < 4.78 is 0. The van der Waals surface area contributed by atoms with Crippen molar-refractivity contribution >= 4 is 46.2 Å². The van der Waals surface area contributed by atoms with Gasteiger partial charge in [0.1, 0.15) is 5.25 Å². The van der Waals surface area contributed by atoms with Crippen LogP contribution in [0.5, 0.6) is 0 Å². The number of benzene rings is 1. The molecule has 1 aromatic carbocycles. The fraction of sp³-hybridized carbons (Fsp3) is 0.450. The molecule has 2 N–H and O–H groups in total. The number of carbonyl (C=O) groups is 4. The average molecular weight is 430 g/mol. The van der Waals surface area contributed by atoms with Crippen molar-refractivity contribution in [3.05, 3.63) is 29.8 Å². The molecule has 0 bridgehead atoms. The number of rotatable bonds is 4. The molecule has 10 heteroatoms. The number of aliphatic imine (C=N–C) groups is 1. The fourth-order valence-electron chi connectivity index (χ4n) is 3.62. The summed E-state index contributed by atoms with van der Waals surface area (Å²) in [6.07, 6.45) is 2.25. The summed E-state index contributed by atoms with van der Waals surface area (Å²) in [5.41, 5.74) is 0.997. The molecule has 3 aliphatic heterocycles. The number of piperazine rings is 1. The summed E-state index contributed by atoms with van der Waals surface area (Å²) in [7, 11) is 0. The van der Waals surface area contributed by atoms with Gasteiger partial charge in [-0.2, -0.15) is 4.99 Å². The Morgan fingerprint density at radius 1 is 1.13 bits per heavy atom. The quantitative estimate of drug-likeness (QED) is 0.728. The van der Waals surface area contributed by atoms with Crippen molar-refractivity contribution < 1.29 is 19.2 Å². The van der Waals surface area contributed by atoms with Gasteiger partial charge in [0.15, 0.2) is 5.17 Å². The van der Waals surface area contributed by atoms with Crippen LogP contribution in [0.1, 0.15) is 29.6 Å². The number of hydrogen-bond acceptors (Lipinski definition) is 6. The third kappa shape index (κ3) is 4.64. The van der Waals surface area contributed by atoms with Crippen molar-refractivity contribution in [3.8, 4) is 0 Å². The van der Waals surface area contributed by atoms with Gasteiger partial charge in [0.05, 0.1) is 6.54 Å². The van der Waals surface area contributed by atoms with Crippen LogP contribution in [-0.2, 0) is 14.4 Å². The first kappa shape index (κ1) is 20.4. The number of nitrogens with one attached hydrogen (secondary N) is 2. The summed E-state index contributed by atoms with van der Waals surface area (Å²) in [5.74, 6) is -0.925. The monoisotopic (exact) mass is 429 g/mol. The highest BCUT2D eigenvalue weighted by molar-refractivity contribution is 8.15. The van der Waals surface area contributed by atoms with E-state index in [1.54, 1.807) is 24.3 Å². The Labute approximate surface area is 178 Å². The Morgan fingerprint density at radius 2 is 1.87 bits per heavy atom.